The summed E-state index contributed by atoms with van der Waals surface area (Å²) < 4.78 is 12.4. The molecule has 120 valence electrons. The molecule has 1 amide bonds. The van der Waals surface area contributed by atoms with Crippen LogP contribution < -0.4 is 14.8 Å². The Labute approximate surface area is 138 Å². The van der Waals surface area contributed by atoms with Gasteiger partial charge in [-0.3, -0.25) is 9.48 Å². The lowest BCUT2D eigenvalue weighted by Gasteiger charge is -2.07. The number of rotatable bonds is 4. The van der Waals surface area contributed by atoms with Gasteiger partial charge in [0, 0.05) is 29.7 Å². The van der Waals surface area contributed by atoms with Crippen molar-refractivity contribution in [3.05, 3.63) is 72.1 Å². The van der Waals surface area contributed by atoms with Gasteiger partial charge in [-0.05, 0) is 35.9 Å². The third kappa shape index (κ3) is 2.94. The minimum Gasteiger partial charge on any atom is -0.454 e. The molecule has 0 spiro atoms. The predicted molar refractivity (Wildman–Crippen MR) is 88.3 cm³/mol. The fourth-order valence-electron chi connectivity index (χ4n) is 2.52. The van der Waals surface area contributed by atoms with Crippen LogP contribution in [-0.4, -0.2) is 22.5 Å². The number of benzene rings is 2. The normalized spacial score (nSPS) is 12.2. The Hall–Kier alpha value is -3.28. The van der Waals surface area contributed by atoms with Crippen LogP contribution in [0.4, 0.5) is 5.69 Å². The summed E-state index contributed by atoms with van der Waals surface area (Å²) in [5.74, 6) is 1.16. The van der Waals surface area contributed by atoms with Crippen molar-refractivity contribution >= 4 is 11.6 Å². The molecule has 6 heteroatoms. The topological polar surface area (TPSA) is 65.4 Å². The second kappa shape index (κ2) is 6.08. The number of hydrogen-bond donors (Lipinski definition) is 1. The summed E-state index contributed by atoms with van der Waals surface area (Å²) in [5.41, 5.74) is 2.35. The third-order valence-electron chi connectivity index (χ3n) is 3.75. The first-order valence-corrected chi connectivity index (χ1v) is 7.55. The Kier molecular flexibility index (Phi) is 3.63. The third-order valence-corrected chi connectivity index (χ3v) is 3.75. The van der Waals surface area contributed by atoms with Crippen LogP contribution in [0.2, 0.25) is 0 Å². The van der Waals surface area contributed by atoms with E-state index in [1.165, 1.54) is 0 Å². The molecule has 0 atom stereocenters. The summed E-state index contributed by atoms with van der Waals surface area (Å²) in [6, 6.07) is 14.7. The molecule has 1 aromatic heterocycles. The van der Waals surface area contributed by atoms with Crippen LogP contribution in [0.5, 0.6) is 11.5 Å². The zero-order valence-electron chi connectivity index (χ0n) is 12.8. The molecular weight excluding hydrogens is 306 g/mol. The van der Waals surface area contributed by atoms with E-state index in [-0.39, 0.29) is 12.7 Å². The Morgan fingerprint density at radius 2 is 1.96 bits per heavy atom. The molecule has 1 aliphatic rings. The highest BCUT2D eigenvalue weighted by Crippen LogP contribution is 2.34. The SMILES string of the molecule is O=C(Nc1ccc2c(c1)OCO2)c1ccc(Cn2cccn2)cc1. The molecule has 2 aromatic carbocycles. The van der Waals surface area contributed by atoms with Crippen LogP contribution in [0.15, 0.2) is 60.9 Å². The molecule has 2 heterocycles. The molecule has 0 bridgehead atoms. The molecule has 0 radical (unpaired) electrons. The second-order valence-electron chi connectivity index (χ2n) is 5.42. The van der Waals surface area contributed by atoms with Crippen molar-refractivity contribution in [3.63, 3.8) is 0 Å². The zero-order valence-corrected chi connectivity index (χ0v) is 12.8. The quantitative estimate of drug-likeness (QED) is 0.802. The summed E-state index contributed by atoms with van der Waals surface area (Å²) in [6.07, 6.45) is 3.65. The van der Waals surface area contributed by atoms with E-state index in [0.29, 0.717) is 29.3 Å². The van der Waals surface area contributed by atoms with Crippen molar-refractivity contribution in [1.29, 1.82) is 0 Å². The fourth-order valence-corrected chi connectivity index (χ4v) is 2.52. The highest BCUT2D eigenvalue weighted by atomic mass is 16.7. The number of nitrogens with zero attached hydrogens (tertiary/aromatic N) is 2. The molecule has 1 aliphatic heterocycles. The Morgan fingerprint density at radius 1 is 1.12 bits per heavy atom. The number of ether oxygens (including phenoxy) is 2. The lowest BCUT2D eigenvalue weighted by atomic mass is 10.1. The van der Waals surface area contributed by atoms with E-state index in [0.717, 1.165) is 5.56 Å². The molecule has 3 aromatic rings. The van der Waals surface area contributed by atoms with Gasteiger partial charge in [0.1, 0.15) is 0 Å². The van der Waals surface area contributed by atoms with E-state index >= 15 is 0 Å². The van der Waals surface area contributed by atoms with Gasteiger partial charge >= 0.3 is 0 Å². The minimum absolute atomic E-state index is 0.167. The number of nitrogens with one attached hydrogen (secondary N) is 1. The van der Waals surface area contributed by atoms with E-state index in [9.17, 15) is 4.79 Å². The van der Waals surface area contributed by atoms with Gasteiger partial charge in [0.25, 0.3) is 5.91 Å². The largest absolute Gasteiger partial charge is 0.454 e. The molecule has 24 heavy (non-hydrogen) atoms. The van der Waals surface area contributed by atoms with Crippen LogP contribution in [0.3, 0.4) is 0 Å². The molecule has 0 fully saturated rings. The van der Waals surface area contributed by atoms with Crippen LogP contribution in [0.25, 0.3) is 0 Å². The smallest absolute Gasteiger partial charge is 0.255 e. The number of hydrogen-bond acceptors (Lipinski definition) is 4. The number of carbonyl (C=O) groups is 1. The maximum atomic E-state index is 12.3. The van der Waals surface area contributed by atoms with Gasteiger partial charge in [-0.1, -0.05) is 12.1 Å². The molecule has 6 nitrogen and oxygen atoms in total. The van der Waals surface area contributed by atoms with E-state index in [1.54, 1.807) is 36.5 Å². The van der Waals surface area contributed by atoms with Gasteiger partial charge in [-0.25, -0.2) is 0 Å². The van der Waals surface area contributed by atoms with Crippen LogP contribution in [-0.2, 0) is 6.54 Å². The number of amides is 1. The monoisotopic (exact) mass is 321 g/mol. The molecule has 0 saturated carbocycles. The van der Waals surface area contributed by atoms with Crippen molar-refractivity contribution in [2.24, 2.45) is 0 Å². The lowest BCUT2D eigenvalue weighted by Crippen LogP contribution is -2.12. The maximum Gasteiger partial charge on any atom is 0.255 e. The van der Waals surface area contributed by atoms with Crippen LogP contribution in [0.1, 0.15) is 15.9 Å². The molecule has 4 rings (SSSR count). The van der Waals surface area contributed by atoms with E-state index in [4.69, 9.17) is 9.47 Å². The van der Waals surface area contributed by atoms with Gasteiger partial charge in [0.05, 0.1) is 6.54 Å². The summed E-state index contributed by atoms with van der Waals surface area (Å²) in [5, 5.41) is 7.03. The van der Waals surface area contributed by atoms with Crippen molar-refractivity contribution < 1.29 is 14.3 Å². The average Bonchev–Trinajstić information content (AvgIpc) is 3.26. The highest BCUT2D eigenvalue weighted by Gasteiger charge is 2.14. The maximum absolute atomic E-state index is 12.3. The number of anilines is 1. The minimum atomic E-state index is -0.167. The van der Waals surface area contributed by atoms with Gasteiger partial charge < -0.3 is 14.8 Å². The van der Waals surface area contributed by atoms with E-state index in [1.807, 2.05) is 29.1 Å². The van der Waals surface area contributed by atoms with Crippen molar-refractivity contribution in [1.82, 2.24) is 9.78 Å². The molecule has 0 aliphatic carbocycles. The van der Waals surface area contributed by atoms with E-state index < -0.39 is 0 Å². The van der Waals surface area contributed by atoms with Crippen LogP contribution >= 0.6 is 0 Å². The molecule has 1 N–H and O–H groups in total. The van der Waals surface area contributed by atoms with Gasteiger partial charge in [-0.2, -0.15) is 5.10 Å². The lowest BCUT2D eigenvalue weighted by molar-refractivity contribution is 0.102. The van der Waals surface area contributed by atoms with E-state index in [2.05, 4.69) is 10.4 Å². The summed E-state index contributed by atoms with van der Waals surface area (Å²) in [6.45, 7) is 0.890. The number of aromatic nitrogens is 2. The average molecular weight is 321 g/mol. The molecular formula is C18H15N3O3. The Morgan fingerprint density at radius 3 is 2.75 bits per heavy atom. The second-order valence-corrected chi connectivity index (χ2v) is 5.42. The van der Waals surface area contributed by atoms with Crippen molar-refractivity contribution in [3.8, 4) is 11.5 Å². The first-order chi connectivity index (χ1) is 11.8. The fraction of sp³-hybridized carbons (Fsp3) is 0.111. The van der Waals surface area contributed by atoms with Crippen molar-refractivity contribution in [2.45, 2.75) is 6.54 Å². The summed E-state index contributed by atoms with van der Waals surface area (Å²) in [4.78, 5) is 12.3. The van der Waals surface area contributed by atoms with Crippen LogP contribution in [0, 0.1) is 0 Å². The van der Waals surface area contributed by atoms with Gasteiger partial charge in [0.15, 0.2) is 11.5 Å². The van der Waals surface area contributed by atoms with Crippen molar-refractivity contribution in [2.75, 3.05) is 12.1 Å². The number of carbonyl (C=O) groups excluding carboxylic acids is 1. The Balaban J connectivity index is 1.44. The predicted octanol–water partition coefficient (Wildman–Crippen LogP) is 2.91. The highest BCUT2D eigenvalue weighted by molar-refractivity contribution is 6.04. The standard InChI is InChI=1S/C18H15N3O3/c22-18(20-15-6-7-16-17(10-15)24-12-23-16)14-4-2-13(3-5-14)11-21-9-1-8-19-21/h1-10H,11-12H2,(H,20,22). The van der Waals surface area contributed by atoms with Gasteiger partial charge in [0.2, 0.25) is 6.79 Å². The summed E-state index contributed by atoms with van der Waals surface area (Å²) >= 11 is 0. The first kappa shape index (κ1) is 14.3. The summed E-state index contributed by atoms with van der Waals surface area (Å²) in [7, 11) is 0. The Bertz CT molecular complexity index is 858. The number of fused-ring (bicyclic) bond motifs is 1. The first-order valence-electron chi connectivity index (χ1n) is 7.55. The molecule has 0 saturated heterocycles. The zero-order chi connectivity index (χ0) is 16.4. The van der Waals surface area contributed by atoms with Gasteiger partial charge in [-0.15, -0.1) is 0 Å². The molecule has 0 unspecified atom stereocenters.